The van der Waals surface area contributed by atoms with Gasteiger partial charge in [0.2, 0.25) is 0 Å². The first-order chi connectivity index (χ1) is 9.06. The fourth-order valence-corrected chi connectivity index (χ4v) is 2.02. The number of anilines is 1. The molecule has 5 nitrogen and oxygen atoms in total. The van der Waals surface area contributed by atoms with Gasteiger partial charge in [-0.05, 0) is 37.3 Å². The third kappa shape index (κ3) is 1.88. The van der Waals surface area contributed by atoms with Gasteiger partial charge in [-0.1, -0.05) is 11.6 Å². The second-order valence-electron chi connectivity index (χ2n) is 4.27. The average molecular weight is 275 g/mol. The zero-order chi connectivity index (χ0) is 13.6. The summed E-state index contributed by atoms with van der Waals surface area (Å²) in [5.41, 5.74) is 8.73. The first-order valence-electron chi connectivity index (χ1n) is 5.67. The molecule has 0 saturated carbocycles. The van der Waals surface area contributed by atoms with Crippen LogP contribution in [0.1, 0.15) is 5.56 Å². The minimum Gasteiger partial charge on any atom is -0.505 e. The highest BCUT2D eigenvalue weighted by Gasteiger charge is 2.12. The Labute approximate surface area is 114 Å². The highest BCUT2D eigenvalue weighted by atomic mass is 35.5. The van der Waals surface area contributed by atoms with Crippen molar-refractivity contribution >= 4 is 28.3 Å². The number of phenolic OH excluding ortho intramolecular Hbond substituents is 1. The van der Waals surface area contributed by atoms with Crippen LogP contribution < -0.4 is 5.73 Å². The van der Waals surface area contributed by atoms with Crippen molar-refractivity contribution in [1.82, 2.24) is 15.0 Å². The molecule has 1 heterocycles. The predicted octanol–water partition coefficient (Wildman–Crippen LogP) is 2.67. The van der Waals surface area contributed by atoms with Gasteiger partial charge in [0.25, 0.3) is 0 Å². The second kappa shape index (κ2) is 4.13. The maximum absolute atomic E-state index is 10.1. The molecule has 3 aromatic rings. The van der Waals surface area contributed by atoms with Gasteiger partial charge in [-0.3, -0.25) is 0 Å². The molecule has 6 heteroatoms. The van der Waals surface area contributed by atoms with Crippen LogP contribution in [0, 0.1) is 6.92 Å². The normalized spacial score (nSPS) is 11.1. The summed E-state index contributed by atoms with van der Waals surface area (Å²) in [6.45, 7) is 1.74. The topological polar surface area (TPSA) is 77.0 Å². The van der Waals surface area contributed by atoms with Crippen molar-refractivity contribution in [2.75, 3.05) is 5.73 Å². The standard InChI is InChI=1S/C13H11ClN4O/c1-7-9(15)3-5-12(13(7)19)18-16-10-4-2-8(14)6-11(10)17-18/h2-6,19H,15H2,1H3. The Balaban J connectivity index is 2.22. The fourth-order valence-electron chi connectivity index (χ4n) is 1.86. The number of benzene rings is 2. The van der Waals surface area contributed by atoms with E-state index < -0.39 is 0 Å². The van der Waals surface area contributed by atoms with Crippen molar-refractivity contribution in [3.8, 4) is 11.4 Å². The van der Waals surface area contributed by atoms with Crippen molar-refractivity contribution < 1.29 is 5.11 Å². The molecule has 0 amide bonds. The lowest BCUT2D eigenvalue weighted by atomic mass is 10.1. The number of nitrogens with zero attached hydrogens (tertiary/aromatic N) is 3. The van der Waals surface area contributed by atoms with Gasteiger partial charge in [0, 0.05) is 16.3 Å². The van der Waals surface area contributed by atoms with Crippen LogP contribution in [0.4, 0.5) is 5.69 Å². The lowest BCUT2D eigenvalue weighted by Gasteiger charge is -2.07. The summed E-state index contributed by atoms with van der Waals surface area (Å²) in [5.74, 6) is 0.0754. The highest BCUT2D eigenvalue weighted by Crippen LogP contribution is 2.29. The molecule has 0 radical (unpaired) electrons. The van der Waals surface area contributed by atoms with Gasteiger partial charge in [-0.25, -0.2) is 0 Å². The van der Waals surface area contributed by atoms with Gasteiger partial charge in [0.1, 0.15) is 22.5 Å². The lowest BCUT2D eigenvalue weighted by molar-refractivity contribution is 0.464. The van der Waals surface area contributed by atoms with E-state index >= 15 is 0 Å². The van der Waals surface area contributed by atoms with Crippen molar-refractivity contribution in [3.63, 3.8) is 0 Å². The molecule has 3 rings (SSSR count). The molecule has 0 spiro atoms. The third-order valence-corrected chi connectivity index (χ3v) is 3.24. The summed E-state index contributed by atoms with van der Waals surface area (Å²) in [5, 5.41) is 19.3. The number of halogens is 1. The number of nitrogens with two attached hydrogens (primary N) is 1. The maximum atomic E-state index is 10.1. The molecule has 1 aromatic heterocycles. The van der Waals surface area contributed by atoms with E-state index in [-0.39, 0.29) is 5.75 Å². The summed E-state index contributed by atoms with van der Waals surface area (Å²) < 4.78 is 0. The number of hydrogen-bond donors (Lipinski definition) is 2. The molecule has 0 atom stereocenters. The van der Waals surface area contributed by atoms with Gasteiger partial charge in [0.05, 0.1) is 0 Å². The molecule has 0 aliphatic rings. The summed E-state index contributed by atoms with van der Waals surface area (Å²) in [6.07, 6.45) is 0. The predicted molar refractivity (Wildman–Crippen MR) is 74.7 cm³/mol. The van der Waals surface area contributed by atoms with Crippen LogP contribution in [0.3, 0.4) is 0 Å². The zero-order valence-electron chi connectivity index (χ0n) is 10.1. The van der Waals surface area contributed by atoms with E-state index in [1.165, 1.54) is 4.80 Å². The largest absolute Gasteiger partial charge is 0.505 e. The second-order valence-corrected chi connectivity index (χ2v) is 4.71. The van der Waals surface area contributed by atoms with E-state index in [1.807, 2.05) is 0 Å². The van der Waals surface area contributed by atoms with Crippen LogP contribution in [0.25, 0.3) is 16.7 Å². The number of aromatic hydroxyl groups is 1. The molecule has 0 aliphatic carbocycles. The lowest BCUT2D eigenvalue weighted by Crippen LogP contribution is -2.01. The minimum atomic E-state index is 0.0754. The fraction of sp³-hybridized carbons (Fsp3) is 0.0769. The van der Waals surface area contributed by atoms with Crippen LogP contribution in [0.5, 0.6) is 5.75 Å². The van der Waals surface area contributed by atoms with E-state index in [0.29, 0.717) is 33.0 Å². The molecule has 2 aromatic carbocycles. The summed E-state index contributed by atoms with van der Waals surface area (Å²) >= 11 is 5.91. The van der Waals surface area contributed by atoms with Crippen LogP contribution in [-0.2, 0) is 0 Å². The van der Waals surface area contributed by atoms with Crippen molar-refractivity contribution in [2.24, 2.45) is 0 Å². The molecule has 3 N–H and O–H groups in total. The zero-order valence-corrected chi connectivity index (χ0v) is 10.9. The number of phenols is 1. The molecule has 19 heavy (non-hydrogen) atoms. The Kier molecular flexibility index (Phi) is 2.57. The van der Waals surface area contributed by atoms with E-state index in [4.69, 9.17) is 17.3 Å². The number of nitrogen functional groups attached to an aromatic ring is 1. The highest BCUT2D eigenvalue weighted by molar-refractivity contribution is 6.31. The Hall–Kier alpha value is -2.27. The number of fused-ring (bicyclic) bond motifs is 1. The van der Waals surface area contributed by atoms with Crippen molar-refractivity contribution in [2.45, 2.75) is 6.92 Å². The number of rotatable bonds is 1. The summed E-state index contributed by atoms with van der Waals surface area (Å²) in [6, 6.07) is 8.64. The molecule has 0 unspecified atom stereocenters. The first-order valence-corrected chi connectivity index (χ1v) is 6.05. The molecule has 0 bridgehead atoms. The van der Waals surface area contributed by atoms with E-state index in [9.17, 15) is 5.11 Å². The first kappa shape index (κ1) is 11.8. The Morgan fingerprint density at radius 3 is 2.68 bits per heavy atom. The molecule has 0 saturated heterocycles. The molecule has 0 fully saturated rings. The smallest absolute Gasteiger partial charge is 0.148 e. The average Bonchev–Trinajstić information content (AvgIpc) is 2.78. The van der Waals surface area contributed by atoms with Crippen molar-refractivity contribution in [1.29, 1.82) is 0 Å². The third-order valence-electron chi connectivity index (χ3n) is 3.01. The van der Waals surface area contributed by atoms with Gasteiger partial charge in [0.15, 0.2) is 0 Å². The van der Waals surface area contributed by atoms with E-state index in [2.05, 4.69) is 10.2 Å². The van der Waals surface area contributed by atoms with Crippen LogP contribution in [0.15, 0.2) is 30.3 Å². The van der Waals surface area contributed by atoms with Gasteiger partial charge < -0.3 is 10.8 Å². The summed E-state index contributed by atoms with van der Waals surface area (Å²) in [4.78, 5) is 1.38. The van der Waals surface area contributed by atoms with Crippen LogP contribution in [0.2, 0.25) is 5.02 Å². The van der Waals surface area contributed by atoms with Crippen LogP contribution >= 0.6 is 11.6 Å². The monoisotopic (exact) mass is 274 g/mol. The Morgan fingerprint density at radius 2 is 1.89 bits per heavy atom. The van der Waals surface area contributed by atoms with Crippen LogP contribution in [-0.4, -0.2) is 20.1 Å². The maximum Gasteiger partial charge on any atom is 0.148 e. The minimum absolute atomic E-state index is 0.0754. The Morgan fingerprint density at radius 1 is 1.16 bits per heavy atom. The quantitative estimate of drug-likeness (QED) is 0.669. The summed E-state index contributed by atoms with van der Waals surface area (Å²) in [7, 11) is 0. The number of hydrogen-bond acceptors (Lipinski definition) is 4. The van der Waals surface area contributed by atoms with Gasteiger partial charge in [-0.2, -0.15) is 0 Å². The van der Waals surface area contributed by atoms with Gasteiger partial charge in [-0.15, -0.1) is 15.0 Å². The van der Waals surface area contributed by atoms with Gasteiger partial charge >= 0.3 is 0 Å². The Bertz CT molecular complexity index is 782. The van der Waals surface area contributed by atoms with Crippen molar-refractivity contribution in [3.05, 3.63) is 40.9 Å². The molecular formula is C13H11ClN4O. The molecule has 0 aliphatic heterocycles. The van der Waals surface area contributed by atoms with E-state index in [1.54, 1.807) is 37.3 Å². The SMILES string of the molecule is Cc1c(N)ccc(-n2nc3ccc(Cl)cc3n2)c1O. The molecule has 96 valence electrons. The molecular weight excluding hydrogens is 264 g/mol. The van der Waals surface area contributed by atoms with E-state index in [0.717, 1.165) is 0 Å². The number of aromatic nitrogens is 3.